The monoisotopic (exact) mass is 392 g/mol. The van der Waals surface area contributed by atoms with Crippen molar-refractivity contribution in [3.8, 4) is 0 Å². The van der Waals surface area contributed by atoms with Gasteiger partial charge >= 0.3 is 79.9 Å². The molecule has 0 spiro atoms. The summed E-state index contributed by atoms with van der Waals surface area (Å²) < 4.78 is 0. The molecule has 0 fully saturated rings. The molecule has 0 aliphatic heterocycles. The molecule has 0 bridgehead atoms. The zero-order valence-corrected chi connectivity index (χ0v) is 6.76. The number of halogens is 4. The Bertz CT molecular complexity index is 5.51. The van der Waals surface area contributed by atoms with E-state index < -0.39 is 0 Å². The first-order valence-electron chi connectivity index (χ1n) is 0. The molecular weight excluding hydrogens is 390 g/mol. The number of hydrogen-bond acceptors (Lipinski definition) is 0. The Morgan fingerprint density at radius 3 is 0.333 bits per heavy atom. The molecule has 0 saturated carbocycles. The van der Waals surface area contributed by atoms with Crippen molar-refractivity contribution in [2.24, 2.45) is 0 Å². The molecular formula is F4Gd2+2. The summed E-state index contributed by atoms with van der Waals surface area (Å²) in [6.07, 6.45) is 0. The van der Waals surface area contributed by atoms with E-state index in [1.165, 1.54) is 0 Å². The predicted octanol–water partition coefficient (Wildman–Crippen LogP) is -12.0. The normalized spacial score (nSPS) is 0. The maximum absolute atomic E-state index is 0. The van der Waals surface area contributed by atoms with Crippen molar-refractivity contribution in [3.63, 3.8) is 0 Å². The molecule has 0 N–H and O–H groups in total. The van der Waals surface area contributed by atoms with E-state index in [-0.39, 0.29) is 98.7 Å². The average molecular weight is 390 g/mol. The van der Waals surface area contributed by atoms with Crippen molar-refractivity contribution in [2.75, 3.05) is 0 Å². The zero-order chi connectivity index (χ0) is 0. The van der Waals surface area contributed by atoms with Gasteiger partial charge in [0.15, 0.2) is 0 Å². The summed E-state index contributed by atoms with van der Waals surface area (Å²) in [5.41, 5.74) is 0. The van der Waals surface area contributed by atoms with Crippen molar-refractivity contribution in [2.45, 2.75) is 0 Å². The summed E-state index contributed by atoms with van der Waals surface area (Å²) in [6.45, 7) is 0. The van der Waals surface area contributed by atoms with Crippen LogP contribution in [-0.4, -0.2) is 0 Å². The molecule has 0 aromatic carbocycles. The summed E-state index contributed by atoms with van der Waals surface area (Å²) in [5.74, 6) is 0. The third-order valence-corrected chi connectivity index (χ3v) is 0. The van der Waals surface area contributed by atoms with E-state index in [9.17, 15) is 0 Å². The Labute approximate surface area is 96.7 Å². The van der Waals surface area contributed by atoms with Crippen molar-refractivity contribution in [1.29, 1.82) is 0 Å². The predicted molar refractivity (Wildman–Crippen MR) is 0 cm³/mol. The van der Waals surface area contributed by atoms with E-state index in [4.69, 9.17) is 0 Å². The molecule has 0 rings (SSSR count). The Hall–Kier alpha value is 2.37. The molecule has 0 amide bonds. The first kappa shape index (κ1) is 81.0. The molecule has 6 heteroatoms. The van der Waals surface area contributed by atoms with Gasteiger partial charge in [0.1, 0.15) is 0 Å². The summed E-state index contributed by atoms with van der Waals surface area (Å²) in [5, 5.41) is 0. The van der Waals surface area contributed by atoms with Gasteiger partial charge in [0.25, 0.3) is 0 Å². The van der Waals surface area contributed by atoms with Gasteiger partial charge in [0.05, 0.1) is 0 Å². The minimum atomic E-state index is 0. The molecule has 0 saturated heterocycles. The maximum Gasteiger partial charge on any atom is 3.00 e. The zero-order valence-electron chi connectivity index (χ0n) is 2.22. The summed E-state index contributed by atoms with van der Waals surface area (Å²) in [6, 6.07) is 0. The van der Waals surface area contributed by atoms with E-state index in [1.54, 1.807) is 0 Å². The molecule has 0 aromatic heterocycles. The SMILES string of the molecule is [F-].[F-].[F-].[F-].[Gd+3].[Gd+3]. The quantitative estimate of drug-likeness (QED) is 0.361. The van der Waals surface area contributed by atoms with Gasteiger partial charge in [0.2, 0.25) is 0 Å². The molecule has 0 atom stereocenters. The Balaban J connectivity index is 0. The molecule has 0 nitrogen and oxygen atoms in total. The van der Waals surface area contributed by atoms with Crippen LogP contribution in [0.4, 0.5) is 0 Å². The van der Waals surface area contributed by atoms with E-state index in [1.807, 2.05) is 0 Å². The van der Waals surface area contributed by atoms with Gasteiger partial charge in [0, 0.05) is 0 Å². The van der Waals surface area contributed by atoms with Crippen LogP contribution in [0.3, 0.4) is 0 Å². The molecule has 0 aliphatic carbocycles. The number of rotatable bonds is 0. The van der Waals surface area contributed by atoms with Gasteiger partial charge in [-0.15, -0.1) is 0 Å². The van der Waals surface area contributed by atoms with Crippen LogP contribution in [0.5, 0.6) is 0 Å². The maximum atomic E-state index is 0. The molecule has 0 aliphatic rings. The van der Waals surface area contributed by atoms with Crippen LogP contribution >= 0.6 is 0 Å². The van der Waals surface area contributed by atoms with Crippen LogP contribution in [0.2, 0.25) is 0 Å². The third kappa shape index (κ3) is 32.7. The first-order chi connectivity index (χ1) is 0. The summed E-state index contributed by atoms with van der Waals surface area (Å²) in [7, 11) is 0. The van der Waals surface area contributed by atoms with E-state index >= 15 is 0 Å². The summed E-state index contributed by atoms with van der Waals surface area (Å²) >= 11 is 0. The second-order valence-electron chi connectivity index (χ2n) is 0. The second kappa shape index (κ2) is 53.3. The summed E-state index contributed by atoms with van der Waals surface area (Å²) in [4.78, 5) is 0. The molecule has 6 heavy (non-hydrogen) atoms. The van der Waals surface area contributed by atoms with Crippen LogP contribution in [0.25, 0.3) is 0 Å². The van der Waals surface area contributed by atoms with Gasteiger partial charge in [-0.2, -0.15) is 0 Å². The fraction of sp³-hybridized carbons (Fsp3) is 0. The smallest absolute Gasteiger partial charge is 1.00 e. The van der Waals surface area contributed by atoms with Gasteiger partial charge in [-0.3, -0.25) is 0 Å². The van der Waals surface area contributed by atoms with Crippen molar-refractivity contribution in [3.05, 3.63) is 0 Å². The first-order valence-corrected chi connectivity index (χ1v) is 0. The Morgan fingerprint density at radius 1 is 0.333 bits per heavy atom. The Kier molecular flexibility index (Phi) is 719. The van der Waals surface area contributed by atoms with Crippen LogP contribution in [0, 0.1) is 79.9 Å². The van der Waals surface area contributed by atoms with E-state index in [0.29, 0.717) is 0 Å². The molecule has 2 radical (unpaired) electrons. The van der Waals surface area contributed by atoms with Crippen molar-refractivity contribution < 1.29 is 98.7 Å². The van der Waals surface area contributed by atoms with Crippen LogP contribution in [-0.2, 0) is 0 Å². The van der Waals surface area contributed by atoms with E-state index in [2.05, 4.69) is 0 Å². The van der Waals surface area contributed by atoms with Crippen LogP contribution in [0.1, 0.15) is 0 Å². The topological polar surface area (TPSA) is 0 Å². The molecule has 0 unspecified atom stereocenters. The fourth-order valence-electron chi connectivity index (χ4n) is 0. The molecule has 0 aromatic rings. The van der Waals surface area contributed by atoms with Crippen molar-refractivity contribution >= 4 is 0 Å². The van der Waals surface area contributed by atoms with Gasteiger partial charge in [-0.25, -0.2) is 0 Å². The minimum absolute atomic E-state index is 0. The van der Waals surface area contributed by atoms with Gasteiger partial charge in [-0.05, 0) is 0 Å². The molecule has 42 valence electrons. The second-order valence-corrected chi connectivity index (χ2v) is 0. The fourth-order valence-corrected chi connectivity index (χ4v) is 0. The third-order valence-electron chi connectivity index (χ3n) is 0. The van der Waals surface area contributed by atoms with Crippen LogP contribution < -0.4 is 18.8 Å². The van der Waals surface area contributed by atoms with Gasteiger partial charge in [-0.1, -0.05) is 0 Å². The van der Waals surface area contributed by atoms with E-state index in [0.717, 1.165) is 0 Å². The largest absolute Gasteiger partial charge is 3.00 e. The van der Waals surface area contributed by atoms with Crippen LogP contribution in [0.15, 0.2) is 0 Å². The van der Waals surface area contributed by atoms with Gasteiger partial charge < -0.3 is 18.8 Å². The molecule has 0 heterocycles. The standard InChI is InChI=1S/4FH.2Gd/h4*1H;;/q;;;;2*+3/p-4. The average Bonchev–Trinajstić information content (AvgIpc) is 0. The Morgan fingerprint density at radius 2 is 0.333 bits per heavy atom. The minimum Gasteiger partial charge on any atom is -1.00 e. The van der Waals surface area contributed by atoms with Crippen molar-refractivity contribution in [1.82, 2.24) is 0 Å². The number of hydrogen-bond donors (Lipinski definition) is 0.